The summed E-state index contributed by atoms with van der Waals surface area (Å²) in [5, 5.41) is 8.13. The van der Waals surface area contributed by atoms with Gasteiger partial charge in [-0.2, -0.15) is 5.10 Å². The average Bonchev–Trinajstić information content (AvgIpc) is 3.12. The van der Waals surface area contributed by atoms with E-state index in [4.69, 9.17) is 9.73 Å². The monoisotopic (exact) mass is 433 g/mol. The minimum Gasteiger partial charge on any atom is -0.378 e. The van der Waals surface area contributed by atoms with Gasteiger partial charge in [0, 0.05) is 64.1 Å². The zero-order chi connectivity index (χ0) is 22.2. The van der Waals surface area contributed by atoms with Crippen LogP contribution in [-0.2, 0) is 36.0 Å². The molecule has 0 unspecified atom stereocenters. The number of hydrogen-bond donors (Lipinski definition) is 1. The van der Waals surface area contributed by atoms with Crippen molar-refractivity contribution < 1.29 is 9.53 Å². The Bertz CT molecular complexity index is 747. The van der Waals surface area contributed by atoms with Crippen LogP contribution in [0.5, 0.6) is 0 Å². The normalized spacial score (nSPS) is 18.5. The number of amides is 1. The fraction of sp³-hybridized carbons (Fsp3) is 0.773. The van der Waals surface area contributed by atoms with Crippen LogP contribution in [0.2, 0.25) is 0 Å². The maximum Gasteiger partial charge on any atom is 0.236 e. The van der Waals surface area contributed by atoms with Crippen LogP contribution in [0.25, 0.3) is 0 Å². The summed E-state index contributed by atoms with van der Waals surface area (Å²) in [4.78, 5) is 24.0. The number of carbonyl (C=O) groups is 1. The Morgan fingerprint density at radius 2 is 1.74 bits per heavy atom. The highest BCUT2D eigenvalue weighted by atomic mass is 16.5. The van der Waals surface area contributed by atoms with Gasteiger partial charge in [0.1, 0.15) is 0 Å². The van der Waals surface area contributed by atoms with Gasteiger partial charge in [0.2, 0.25) is 5.91 Å². The summed E-state index contributed by atoms with van der Waals surface area (Å²) in [6.45, 7) is 14.6. The maximum atomic E-state index is 12.5. The summed E-state index contributed by atoms with van der Waals surface area (Å²) >= 11 is 0. The first-order valence-electron chi connectivity index (χ1n) is 11.7. The standard InChI is InChI=1S/C22H39N7O2/c1-5-19-18(20(6-2)26(4)25-19)16-24-22(23-7-3)29-10-8-27(9-11-29)17-21(30)28-12-14-31-15-13-28/h5-17H2,1-4H3,(H,23,24). The van der Waals surface area contributed by atoms with E-state index in [9.17, 15) is 4.79 Å². The van der Waals surface area contributed by atoms with Crippen molar-refractivity contribution >= 4 is 11.9 Å². The molecule has 174 valence electrons. The Kier molecular flexibility index (Phi) is 8.71. The van der Waals surface area contributed by atoms with Crippen molar-refractivity contribution in [3.63, 3.8) is 0 Å². The molecule has 0 aliphatic carbocycles. The molecule has 9 nitrogen and oxygen atoms in total. The molecule has 0 saturated carbocycles. The number of morpholine rings is 1. The lowest BCUT2D eigenvalue weighted by atomic mass is 10.1. The average molecular weight is 434 g/mol. The van der Waals surface area contributed by atoms with Gasteiger partial charge in [-0.15, -0.1) is 0 Å². The smallest absolute Gasteiger partial charge is 0.236 e. The molecule has 0 radical (unpaired) electrons. The van der Waals surface area contributed by atoms with Crippen LogP contribution in [0, 0.1) is 0 Å². The number of aromatic nitrogens is 2. The molecule has 0 aromatic carbocycles. The summed E-state index contributed by atoms with van der Waals surface area (Å²) < 4.78 is 7.35. The Labute approximate surface area is 186 Å². The Morgan fingerprint density at radius 3 is 2.35 bits per heavy atom. The number of carbonyl (C=O) groups excluding carboxylic acids is 1. The van der Waals surface area contributed by atoms with E-state index in [0.717, 1.165) is 57.2 Å². The second-order valence-corrected chi connectivity index (χ2v) is 8.13. The number of piperazine rings is 1. The zero-order valence-electron chi connectivity index (χ0n) is 19.7. The molecule has 2 aliphatic rings. The molecule has 2 saturated heterocycles. The lowest BCUT2D eigenvalue weighted by Gasteiger charge is -2.37. The number of nitrogens with one attached hydrogen (secondary N) is 1. The Hall–Kier alpha value is -2.13. The fourth-order valence-electron chi connectivity index (χ4n) is 4.37. The summed E-state index contributed by atoms with van der Waals surface area (Å²) in [7, 11) is 2.02. The van der Waals surface area contributed by atoms with E-state index in [1.807, 2.05) is 16.6 Å². The van der Waals surface area contributed by atoms with Gasteiger partial charge in [0.05, 0.1) is 32.0 Å². The highest BCUT2D eigenvalue weighted by Crippen LogP contribution is 2.17. The number of guanidine groups is 1. The van der Waals surface area contributed by atoms with Crippen LogP contribution in [0.4, 0.5) is 0 Å². The van der Waals surface area contributed by atoms with Crippen LogP contribution >= 0.6 is 0 Å². The van der Waals surface area contributed by atoms with E-state index in [-0.39, 0.29) is 5.91 Å². The quantitative estimate of drug-likeness (QED) is 0.498. The lowest BCUT2D eigenvalue weighted by Crippen LogP contribution is -2.54. The number of aryl methyl sites for hydroxylation is 2. The number of nitrogens with zero attached hydrogens (tertiary/aromatic N) is 6. The largest absolute Gasteiger partial charge is 0.378 e. The van der Waals surface area contributed by atoms with Crippen LogP contribution in [0.3, 0.4) is 0 Å². The summed E-state index contributed by atoms with van der Waals surface area (Å²) in [5.41, 5.74) is 3.67. The molecule has 3 heterocycles. The van der Waals surface area contributed by atoms with Gasteiger partial charge >= 0.3 is 0 Å². The first kappa shape index (κ1) is 23.5. The van der Waals surface area contributed by atoms with Gasteiger partial charge in [0.15, 0.2) is 5.96 Å². The van der Waals surface area contributed by atoms with Crippen molar-refractivity contribution in [2.75, 3.05) is 65.6 Å². The number of aliphatic imine (C=N–C) groups is 1. The van der Waals surface area contributed by atoms with Gasteiger partial charge in [-0.05, 0) is 19.8 Å². The molecule has 31 heavy (non-hydrogen) atoms. The van der Waals surface area contributed by atoms with Crippen LogP contribution < -0.4 is 5.32 Å². The molecule has 1 aromatic heterocycles. The van der Waals surface area contributed by atoms with Crippen molar-refractivity contribution in [2.24, 2.45) is 12.0 Å². The zero-order valence-corrected chi connectivity index (χ0v) is 19.7. The van der Waals surface area contributed by atoms with Crippen molar-refractivity contribution in [3.05, 3.63) is 17.0 Å². The van der Waals surface area contributed by atoms with Crippen LogP contribution in [0.1, 0.15) is 37.7 Å². The van der Waals surface area contributed by atoms with E-state index in [1.165, 1.54) is 11.3 Å². The van der Waals surface area contributed by atoms with Crippen molar-refractivity contribution in [3.8, 4) is 0 Å². The minimum absolute atomic E-state index is 0.216. The van der Waals surface area contributed by atoms with E-state index < -0.39 is 0 Å². The summed E-state index contributed by atoms with van der Waals surface area (Å²) in [6, 6.07) is 0. The number of rotatable bonds is 7. The first-order chi connectivity index (χ1) is 15.1. The molecule has 0 atom stereocenters. The Morgan fingerprint density at radius 1 is 1.03 bits per heavy atom. The molecule has 1 aromatic rings. The summed E-state index contributed by atoms with van der Waals surface area (Å²) in [5.74, 6) is 1.17. The maximum absolute atomic E-state index is 12.5. The van der Waals surface area contributed by atoms with Crippen molar-refractivity contribution in [1.82, 2.24) is 29.8 Å². The molecule has 3 rings (SSSR count). The minimum atomic E-state index is 0.216. The third-order valence-electron chi connectivity index (χ3n) is 6.14. The molecule has 0 bridgehead atoms. The molecule has 2 aliphatic heterocycles. The molecule has 9 heteroatoms. The van der Waals surface area contributed by atoms with Gasteiger partial charge in [-0.25, -0.2) is 4.99 Å². The van der Waals surface area contributed by atoms with Crippen molar-refractivity contribution in [1.29, 1.82) is 0 Å². The van der Waals surface area contributed by atoms with Gasteiger partial charge in [0.25, 0.3) is 0 Å². The lowest BCUT2D eigenvalue weighted by molar-refractivity contribution is -0.136. The van der Waals surface area contributed by atoms with Crippen LogP contribution in [-0.4, -0.2) is 102 Å². The highest BCUT2D eigenvalue weighted by Gasteiger charge is 2.24. The van der Waals surface area contributed by atoms with E-state index in [0.29, 0.717) is 39.4 Å². The molecular weight excluding hydrogens is 394 g/mol. The van der Waals surface area contributed by atoms with Crippen LogP contribution in [0.15, 0.2) is 4.99 Å². The summed E-state index contributed by atoms with van der Waals surface area (Å²) in [6.07, 6.45) is 1.88. The third-order valence-corrected chi connectivity index (χ3v) is 6.14. The first-order valence-corrected chi connectivity index (χ1v) is 11.7. The predicted octanol–water partition coefficient (Wildman–Crippen LogP) is 0.487. The highest BCUT2D eigenvalue weighted by molar-refractivity contribution is 5.80. The van der Waals surface area contributed by atoms with Gasteiger partial charge in [-0.3, -0.25) is 14.4 Å². The molecule has 0 spiro atoms. The topological polar surface area (TPSA) is 78.2 Å². The van der Waals surface area contributed by atoms with E-state index in [2.05, 4.69) is 41.0 Å². The van der Waals surface area contributed by atoms with E-state index >= 15 is 0 Å². The second-order valence-electron chi connectivity index (χ2n) is 8.13. The molecule has 2 fully saturated rings. The van der Waals surface area contributed by atoms with Gasteiger partial charge in [-0.1, -0.05) is 13.8 Å². The fourth-order valence-corrected chi connectivity index (χ4v) is 4.37. The third kappa shape index (κ3) is 5.98. The van der Waals surface area contributed by atoms with Crippen molar-refractivity contribution in [2.45, 2.75) is 40.2 Å². The number of hydrogen-bond acceptors (Lipinski definition) is 5. The molecule has 1 amide bonds. The predicted molar refractivity (Wildman–Crippen MR) is 122 cm³/mol. The molecular formula is C22H39N7O2. The Balaban J connectivity index is 1.58. The number of ether oxygens (including phenoxy) is 1. The SMILES string of the molecule is CCNC(=NCc1c(CC)nn(C)c1CC)N1CCN(CC(=O)N2CCOCC2)CC1. The van der Waals surface area contributed by atoms with E-state index in [1.54, 1.807) is 0 Å². The van der Waals surface area contributed by atoms with Gasteiger partial charge < -0.3 is 19.9 Å². The second kappa shape index (κ2) is 11.5. The molecule has 1 N–H and O–H groups in total.